The molecule has 92 valence electrons. The molecule has 0 aliphatic carbocycles. The van der Waals surface area contributed by atoms with Crippen molar-refractivity contribution in [3.63, 3.8) is 0 Å². The number of aryl methyl sites for hydroxylation is 2. The summed E-state index contributed by atoms with van der Waals surface area (Å²) >= 11 is 0. The van der Waals surface area contributed by atoms with Crippen molar-refractivity contribution < 1.29 is 0 Å². The summed E-state index contributed by atoms with van der Waals surface area (Å²) in [5, 5.41) is 7.57. The minimum atomic E-state index is 0.284. The van der Waals surface area contributed by atoms with Gasteiger partial charge in [0, 0.05) is 19.0 Å². The van der Waals surface area contributed by atoms with E-state index in [1.54, 1.807) is 6.33 Å². The van der Waals surface area contributed by atoms with Crippen molar-refractivity contribution in [2.45, 2.75) is 53.1 Å². The van der Waals surface area contributed by atoms with Gasteiger partial charge < -0.3 is 5.32 Å². The molecule has 16 heavy (non-hydrogen) atoms. The third-order valence-electron chi connectivity index (χ3n) is 3.05. The summed E-state index contributed by atoms with van der Waals surface area (Å²) in [7, 11) is 2.03. The normalized spacial score (nSPS) is 14.1. The smallest absolute Gasteiger partial charge is 0.138 e. The number of hydrogen-bond acceptors (Lipinski definition) is 3. The van der Waals surface area contributed by atoms with Crippen LogP contribution in [0.1, 0.15) is 39.9 Å². The Morgan fingerprint density at radius 2 is 2.12 bits per heavy atom. The molecular formula is C12H24N4. The van der Waals surface area contributed by atoms with Crippen molar-refractivity contribution in [3.05, 3.63) is 12.2 Å². The van der Waals surface area contributed by atoms with Crippen LogP contribution in [-0.2, 0) is 13.0 Å². The van der Waals surface area contributed by atoms with Gasteiger partial charge in [-0.25, -0.2) is 4.98 Å². The van der Waals surface area contributed by atoms with Crippen molar-refractivity contribution in [1.29, 1.82) is 0 Å². The zero-order valence-corrected chi connectivity index (χ0v) is 11.1. The van der Waals surface area contributed by atoms with Gasteiger partial charge in [-0.05, 0) is 25.8 Å². The van der Waals surface area contributed by atoms with Crippen LogP contribution >= 0.6 is 0 Å². The van der Waals surface area contributed by atoms with E-state index >= 15 is 0 Å². The Balaban J connectivity index is 2.56. The summed E-state index contributed by atoms with van der Waals surface area (Å²) in [5.41, 5.74) is 0.284. The van der Waals surface area contributed by atoms with E-state index in [0.717, 1.165) is 25.2 Å². The Morgan fingerprint density at radius 1 is 1.44 bits per heavy atom. The van der Waals surface area contributed by atoms with Crippen LogP contribution in [0.4, 0.5) is 0 Å². The molecular weight excluding hydrogens is 200 g/mol. The molecule has 1 aromatic heterocycles. The van der Waals surface area contributed by atoms with E-state index in [4.69, 9.17) is 0 Å². The third-order valence-corrected chi connectivity index (χ3v) is 3.05. The molecule has 1 unspecified atom stereocenters. The van der Waals surface area contributed by atoms with Gasteiger partial charge in [0.15, 0.2) is 0 Å². The molecule has 0 aliphatic rings. The monoisotopic (exact) mass is 224 g/mol. The Morgan fingerprint density at radius 3 is 2.62 bits per heavy atom. The van der Waals surface area contributed by atoms with E-state index in [2.05, 4.69) is 43.1 Å². The molecule has 1 atom stereocenters. The van der Waals surface area contributed by atoms with E-state index in [1.165, 1.54) is 0 Å². The molecule has 0 aliphatic heterocycles. The molecule has 0 spiro atoms. The summed E-state index contributed by atoms with van der Waals surface area (Å²) < 4.78 is 1.97. The van der Waals surface area contributed by atoms with Crippen LogP contribution in [-0.4, -0.2) is 27.9 Å². The van der Waals surface area contributed by atoms with Crippen molar-refractivity contribution in [1.82, 2.24) is 20.1 Å². The van der Waals surface area contributed by atoms with E-state index in [1.807, 2.05) is 11.7 Å². The maximum atomic E-state index is 4.30. The third kappa shape index (κ3) is 3.30. The zero-order chi connectivity index (χ0) is 12.2. The fraction of sp³-hybridized carbons (Fsp3) is 0.833. The lowest BCUT2D eigenvalue weighted by Crippen LogP contribution is -2.38. The molecule has 1 aromatic rings. The quantitative estimate of drug-likeness (QED) is 0.830. The van der Waals surface area contributed by atoms with Crippen molar-refractivity contribution >= 4 is 0 Å². The molecule has 0 fully saturated rings. The largest absolute Gasteiger partial charge is 0.316 e. The minimum Gasteiger partial charge on any atom is -0.316 e. The number of aromatic nitrogens is 3. The highest BCUT2D eigenvalue weighted by molar-refractivity contribution is 4.89. The second kappa shape index (κ2) is 5.43. The van der Waals surface area contributed by atoms with Gasteiger partial charge in [0.1, 0.15) is 12.2 Å². The van der Waals surface area contributed by atoms with Crippen LogP contribution < -0.4 is 5.32 Å². The summed E-state index contributed by atoms with van der Waals surface area (Å²) in [5.74, 6) is 1.09. The lowest BCUT2D eigenvalue weighted by Gasteiger charge is -2.30. The number of nitrogens with zero attached hydrogens (tertiary/aromatic N) is 3. The van der Waals surface area contributed by atoms with Gasteiger partial charge in [0.05, 0.1) is 0 Å². The van der Waals surface area contributed by atoms with Crippen molar-refractivity contribution in [2.24, 2.45) is 5.41 Å². The second-order valence-corrected chi connectivity index (χ2v) is 5.24. The zero-order valence-electron chi connectivity index (χ0n) is 11.1. The Labute approximate surface area is 98.5 Å². The van der Waals surface area contributed by atoms with Gasteiger partial charge in [0.25, 0.3) is 0 Å². The molecule has 1 rings (SSSR count). The van der Waals surface area contributed by atoms with Crippen molar-refractivity contribution in [2.75, 3.05) is 7.05 Å². The minimum absolute atomic E-state index is 0.284. The molecule has 0 saturated carbocycles. The molecule has 0 bridgehead atoms. The highest BCUT2D eigenvalue weighted by Gasteiger charge is 2.23. The van der Waals surface area contributed by atoms with Gasteiger partial charge >= 0.3 is 0 Å². The lowest BCUT2D eigenvalue weighted by atomic mass is 9.84. The molecule has 4 nitrogen and oxygen atoms in total. The lowest BCUT2D eigenvalue weighted by molar-refractivity contribution is 0.266. The topological polar surface area (TPSA) is 42.7 Å². The van der Waals surface area contributed by atoms with E-state index in [9.17, 15) is 0 Å². The maximum Gasteiger partial charge on any atom is 0.138 e. The Hall–Kier alpha value is -0.900. The van der Waals surface area contributed by atoms with Crippen LogP contribution in [0.2, 0.25) is 0 Å². The van der Waals surface area contributed by atoms with Gasteiger partial charge in [-0.3, -0.25) is 4.68 Å². The molecule has 1 N–H and O–H groups in total. The second-order valence-electron chi connectivity index (χ2n) is 5.24. The molecule has 0 amide bonds. The van der Waals surface area contributed by atoms with Crippen LogP contribution in [0, 0.1) is 5.41 Å². The number of rotatable bonds is 5. The van der Waals surface area contributed by atoms with Crippen LogP contribution in [0.25, 0.3) is 0 Å². The van der Waals surface area contributed by atoms with Crippen molar-refractivity contribution in [3.8, 4) is 0 Å². The van der Waals surface area contributed by atoms with Gasteiger partial charge in [-0.1, -0.05) is 20.8 Å². The van der Waals surface area contributed by atoms with E-state index in [0.29, 0.717) is 6.04 Å². The Bertz CT molecular complexity index is 311. The molecule has 0 aromatic carbocycles. The first-order chi connectivity index (χ1) is 7.49. The molecule has 0 radical (unpaired) electrons. The average Bonchev–Trinajstić information content (AvgIpc) is 2.64. The van der Waals surface area contributed by atoms with Gasteiger partial charge in [0.2, 0.25) is 0 Å². The van der Waals surface area contributed by atoms with E-state index < -0.39 is 0 Å². The van der Waals surface area contributed by atoms with Gasteiger partial charge in [-0.15, -0.1) is 0 Å². The predicted molar refractivity (Wildman–Crippen MR) is 66.3 cm³/mol. The number of nitrogens with one attached hydrogen (secondary N) is 1. The average molecular weight is 224 g/mol. The first-order valence-corrected chi connectivity index (χ1v) is 6.03. The van der Waals surface area contributed by atoms with Gasteiger partial charge in [-0.2, -0.15) is 5.10 Å². The fourth-order valence-corrected chi connectivity index (χ4v) is 2.03. The molecule has 4 heteroatoms. The fourth-order valence-electron chi connectivity index (χ4n) is 2.03. The number of hydrogen-bond donors (Lipinski definition) is 1. The summed E-state index contributed by atoms with van der Waals surface area (Å²) in [6.45, 7) is 9.78. The highest BCUT2D eigenvalue weighted by Crippen LogP contribution is 2.22. The first-order valence-electron chi connectivity index (χ1n) is 6.03. The summed E-state index contributed by atoms with van der Waals surface area (Å²) in [4.78, 5) is 4.30. The predicted octanol–water partition coefficient (Wildman–Crippen LogP) is 1.86. The summed E-state index contributed by atoms with van der Waals surface area (Å²) in [6.07, 6.45) is 3.72. The van der Waals surface area contributed by atoms with E-state index in [-0.39, 0.29) is 5.41 Å². The molecule has 1 heterocycles. The van der Waals surface area contributed by atoms with Crippen LogP contribution in [0.15, 0.2) is 6.33 Å². The standard InChI is InChI=1S/C12H24N4/c1-6-16-11(14-9-15-16)8-7-10(13-5)12(2,3)4/h9-10,13H,6-8H2,1-5H3. The SMILES string of the molecule is CCn1ncnc1CCC(NC)C(C)(C)C. The molecule has 0 saturated heterocycles. The van der Waals surface area contributed by atoms with Crippen LogP contribution in [0.5, 0.6) is 0 Å². The van der Waals surface area contributed by atoms with Crippen LogP contribution in [0.3, 0.4) is 0 Å². The Kier molecular flexibility index (Phi) is 4.47. The highest BCUT2D eigenvalue weighted by atomic mass is 15.3. The maximum absolute atomic E-state index is 4.30. The summed E-state index contributed by atoms with van der Waals surface area (Å²) in [6, 6.07) is 0.509. The first kappa shape index (κ1) is 13.2.